The first-order valence-corrected chi connectivity index (χ1v) is 9.64. The van der Waals surface area contributed by atoms with Gasteiger partial charge in [0.15, 0.2) is 11.6 Å². The van der Waals surface area contributed by atoms with Gasteiger partial charge in [-0.25, -0.2) is 4.68 Å². The fourth-order valence-electron chi connectivity index (χ4n) is 3.82. The SMILES string of the molecule is c1ccc2c(CN3CCN(c4ccc(-n5cccn5)nn4)CC3)cccc2c1. The summed E-state index contributed by atoms with van der Waals surface area (Å²) in [7, 11) is 0. The zero-order valence-corrected chi connectivity index (χ0v) is 15.6. The summed E-state index contributed by atoms with van der Waals surface area (Å²) in [5.74, 6) is 1.67. The number of fused-ring (bicyclic) bond motifs is 1. The molecule has 0 saturated carbocycles. The van der Waals surface area contributed by atoms with Crippen molar-refractivity contribution >= 4 is 16.6 Å². The lowest BCUT2D eigenvalue weighted by atomic mass is 10.0. The van der Waals surface area contributed by atoms with Crippen LogP contribution in [0.1, 0.15) is 5.56 Å². The van der Waals surface area contributed by atoms with Gasteiger partial charge in [-0.2, -0.15) is 5.10 Å². The molecular formula is C22H22N6. The lowest BCUT2D eigenvalue weighted by molar-refractivity contribution is 0.250. The Balaban J connectivity index is 1.24. The number of piperazine rings is 1. The Morgan fingerprint density at radius 2 is 1.54 bits per heavy atom. The number of anilines is 1. The van der Waals surface area contributed by atoms with Crippen molar-refractivity contribution in [2.24, 2.45) is 0 Å². The van der Waals surface area contributed by atoms with E-state index in [-0.39, 0.29) is 0 Å². The van der Waals surface area contributed by atoms with Crippen molar-refractivity contribution in [2.75, 3.05) is 31.1 Å². The first-order chi connectivity index (χ1) is 13.9. The van der Waals surface area contributed by atoms with Gasteiger partial charge in [0, 0.05) is 45.1 Å². The molecule has 0 bridgehead atoms. The topological polar surface area (TPSA) is 50.1 Å². The third-order valence-electron chi connectivity index (χ3n) is 5.35. The maximum absolute atomic E-state index is 4.40. The van der Waals surface area contributed by atoms with Gasteiger partial charge in [0.2, 0.25) is 0 Å². The van der Waals surface area contributed by atoms with Gasteiger partial charge in [-0.3, -0.25) is 4.90 Å². The Morgan fingerprint density at radius 3 is 2.32 bits per heavy atom. The smallest absolute Gasteiger partial charge is 0.175 e. The van der Waals surface area contributed by atoms with Crippen LogP contribution in [-0.4, -0.2) is 51.1 Å². The molecule has 2 aromatic heterocycles. The van der Waals surface area contributed by atoms with Gasteiger partial charge in [-0.05, 0) is 34.5 Å². The average Bonchev–Trinajstić information content (AvgIpc) is 3.30. The first-order valence-electron chi connectivity index (χ1n) is 9.64. The second-order valence-corrected chi connectivity index (χ2v) is 7.10. The maximum atomic E-state index is 4.40. The third-order valence-corrected chi connectivity index (χ3v) is 5.35. The van der Waals surface area contributed by atoms with E-state index in [1.165, 1.54) is 16.3 Å². The minimum atomic E-state index is 0.739. The Bertz CT molecular complexity index is 1040. The molecule has 0 amide bonds. The van der Waals surface area contributed by atoms with Crippen molar-refractivity contribution in [1.29, 1.82) is 0 Å². The highest BCUT2D eigenvalue weighted by Gasteiger charge is 2.19. The molecule has 1 fully saturated rings. The van der Waals surface area contributed by atoms with Crippen LogP contribution in [0, 0.1) is 0 Å². The van der Waals surface area contributed by atoms with Gasteiger partial charge in [0.25, 0.3) is 0 Å². The van der Waals surface area contributed by atoms with E-state index in [0.29, 0.717) is 0 Å². The molecule has 5 rings (SSSR count). The minimum Gasteiger partial charge on any atom is -0.353 e. The standard InChI is InChI=1S/C22H22N6/c1-2-8-20-18(5-1)6-3-7-19(20)17-26-13-15-27(16-14-26)21-9-10-22(25-24-21)28-12-4-11-23-28/h1-12H,13-17H2. The normalized spacial score (nSPS) is 15.2. The van der Waals surface area contributed by atoms with E-state index < -0.39 is 0 Å². The number of hydrogen-bond acceptors (Lipinski definition) is 5. The van der Waals surface area contributed by atoms with Crippen LogP contribution in [0.25, 0.3) is 16.6 Å². The zero-order chi connectivity index (χ0) is 18.8. The molecule has 0 unspecified atom stereocenters. The van der Waals surface area contributed by atoms with Crippen molar-refractivity contribution in [3.63, 3.8) is 0 Å². The van der Waals surface area contributed by atoms with Crippen LogP contribution in [0.5, 0.6) is 0 Å². The van der Waals surface area contributed by atoms with Crippen molar-refractivity contribution in [1.82, 2.24) is 24.9 Å². The lowest BCUT2D eigenvalue weighted by Gasteiger charge is -2.35. The molecule has 0 atom stereocenters. The van der Waals surface area contributed by atoms with Crippen LogP contribution in [0.2, 0.25) is 0 Å². The molecule has 2 aromatic carbocycles. The van der Waals surface area contributed by atoms with Crippen molar-refractivity contribution in [2.45, 2.75) is 6.54 Å². The number of rotatable bonds is 4. The highest BCUT2D eigenvalue weighted by Crippen LogP contribution is 2.21. The monoisotopic (exact) mass is 370 g/mol. The van der Waals surface area contributed by atoms with Crippen LogP contribution < -0.4 is 4.90 Å². The van der Waals surface area contributed by atoms with Gasteiger partial charge in [0.1, 0.15) is 0 Å². The van der Waals surface area contributed by atoms with Crippen molar-refractivity contribution in [3.8, 4) is 5.82 Å². The summed E-state index contributed by atoms with van der Waals surface area (Å²) >= 11 is 0. The highest BCUT2D eigenvalue weighted by molar-refractivity contribution is 5.85. The predicted molar refractivity (Wildman–Crippen MR) is 111 cm³/mol. The third kappa shape index (κ3) is 3.34. The van der Waals surface area contributed by atoms with Crippen LogP contribution in [0.4, 0.5) is 5.82 Å². The van der Waals surface area contributed by atoms with Gasteiger partial charge in [0.05, 0.1) is 0 Å². The molecule has 1 aliphatic heterocycles. The predicted octanol–water partition coefficient (Wildman–Crippen LogP) is 3.14. The average molecular weight is 370 g/mol. The minimum absolute atomic E-state index is 0.739. The number of benzene rings is 2. The molecule has 28 heavy (non-hydrogen) atoms. The van der Waals surface area contributed by atoms with E-state index in [9.17, 15) is 0 Å². The van der Waals surface area contributed by atoms with E-state index in [1.807, 2.05) is 24.4 Å². The quantitative estimate of drug-likeness (QED) is 0.552. The van der Waals surface area contributed by atoms with Crippen LogP contribution in [0.3, 0.4) is 0 Å². The van der Waals surface area contributed by atoms with E-state index >= 15 is 0 Å². The molecule has 0 aliphatic carbocycles. The lowest BCUT2D eigenvalue weighted by Crippen LogP contribution is -2.46. The van der Waals surface area contributed by atoms with E-state index in [4.69, 9.17) is 0 Å². The molecular weight excluding hydrogens is 348 g/mol. The van der Waals surface area contributed by atoms with Crippen molar-refractivity contribution in [3.05, 3.63) is 78.6 Å². The zero-order valence-electron chi connectivity index (χ0n) is 15.6. The van der Waals surface area contributed by atoms with E-state index in [0.717, 1.165) is 44.4 Å². The largest absolute Gasteiger partial charge is 0.353 e. The van der Waals surface area contributed by atoms with Crippen molar-refractivity contribution < 1.29 is 0 Å². The second kappa shape index (κ2) is 7.40. The fraction of sp³-hybridized carbons (Fsp3) is 0.227. The second-order valence-electron chi connectivity index (χ2n) is 7.10. The summed E-state index contributed by atoms with van der Waals surface area (Å²) in [6, 6.07) is 21.1. The summed E-state index contributed by atoms with van der Waals surface area (Å²) in [5, 5.41) is 15.6. The Hall–Kier alpha value is -3.25. The Labute approximate surface area is 164 Å². The molecule has 4 aromatic rings. The summed E-state index contributed by atoms with van der Waals surface area (Å²) < 4.78 is 1.72. The summed E-state index contributed by atoms with van der Waals surface area (Å²) in [4.78, 5) is 4.82. The van der Waals surface area contributed by atoms with E-state index in [2.05, 4.69) is 67.6 Å². The maximum Gasteiger partial charge on any atom is 0.175 e. The molecule has 0 radical (unpaired) electrons. The fourth-order valence-corrected chi connectivity index (χ4v) is 3.82. The van der Waals surface area contributed by atoms with Gasteiger partial charge < -0.3 is 4.90 Å². The number of aromatic nitrogens is 4. The molecule has 6 heteroatoms. The van der Waals surface area contributed by atoms with Crippen LogP contribution in [0.15, 0.2) is 73.1 Å². The summed E-state index contributed by atoms with van der Waals surface area (Å²) in [5.41, 5.74) is 1.40. The molecule has 3 heterocycles. The number of hydrogen-bond donors (Lipinski definition) is 0. The molecule has 1 saturated heterocycles. The van der Waals surface area contributed by atoms with Crippen LogP contribution in [-0.2, 0) is 6.54 Å². The molecule has 6 nitrogen and oxygen atoms in total. The Kier molecular flexibility index (Phi) is 4.47. The molecule has 0 N–H and O–H groups in total. The molecule has 1 aliphatic rings. The molecule has 0 spiro atoms. The first kappa shape index (κ1) is 16.9. The van der Waals surface area contributed by atoms with Gasteiger partial charge in [-0.1, -0.05) is 42.5 Å². The molecule has 140 valence electrons. The highest BCUT2D eigenvalue weighted by atomic mass is 15.4. The summed E-state index contributed by atoms with van der Waals surface area (Å²) in [6.07, 6.45) is 3.61. The summed E-state index contributed by atoms with van der Waals surface area (Å²) in [6.45, 7) is 4.94. The number of nitrogens with zero attached hydrogens (tertiary/aromatic N) is 6. The Morgan fingerprint density at radius 1 is 0.750 bits per heavy atom. The van der Waals surface area contributed by atoms with E-state index in [1.54, 1.807) is 10.9 Å². The van der Waals surface area contributed by atoms with Gasteiger partial charge in [-0.15, -0.1) is 10.2 Å². The van der Waals surface area contributed by atoms with Gasteiger partial charge >= 0.3 is 0 Å². The van der Waals surface area contributed by atoms with Crippen LogP contribution >= 0.6 is 0 Å².